The Kier molecular flexibility index (Phi) is 3.66. The zero-order valence-electron chi connectivity index (χ0n) is 13.4. The number of hydrogen-bond acceptors (Lipinski definition) is 5. The number of anilines is 1. The minimum atomic E-state index is -0.271. The number of aromatic nitrogens is 2. The van der Waals surface area contributed by atoms with Gasteiger partial charge < -0.3 is 4.90 Å². The van der Waals surface area contributed by atoms with Gasteiger partial charge in [-0.2, -0.15) is 0 Å². The molecule has 0 radical (unpaired) electrons. The molecule has 5 heterocycles. The lowest BCUT2D eigenvalue weighted by Gasteiger charge is -2.56. The fraction of sp³-hybridized carbons (Fsp3) is 0.333. The normalized spacial score (nSPS) is 23.0. The van der Waals surface area contributed by atoms with Gasteiger partial charge in [0, 0.05) is 37.9 Å². The minimum absolute atomic E-state index is 0.271. The molecule has 0 N–H and O–H groups in total. The summed E-state index contributed by atoms with van der Waals surface area (Å²) in [6.45, 7) is 2.69. The summed E-state index contributed by atoms with van der Waals surface area (Å²) in [5.74, 6) is -0.271. The van der Waals surface area contributed by atoms with Gasteiger partial charge in [-0.25, -0.2) is 9.37 Å². The van der Waals surface area contributed by atoms with Crippen LogP contribution < -0.4 is 4.90 Å². The second kappa shape index (κ2) is 5.90. The number of thiazole rings is 1. The van der Waals surface area contributed by atoms with E-state index in [-0.39, 0.29) is 5.82 Å². The van der Waals surface area contributed by atoms with Gasteiger partial charge in [0.2, 0.25) is 0 Å². The maximum atomic E-state index is 13.3. The second-order valence-electron chi connectivity index (χ2n) is 6.74. The number of fused-ring (bicyclic) bond motifs is 3. The standard InChI is InChI=1S/C18H16ClFN4S/c19-15-2-1-3-16-17(15)22-18(25-16)24-13-5-14(24)10-23(9-13)8-11-4-12(20)7-21-6-11/h1-4,6-7,13-14H,5,8-10H2. The van der Waals surface area contributed by atoms with Crippen molar-refractivity contribution in [3.8, 4) is 0 Å². The van der Waals surface area contributed by atoms with E-state index >= 15 is 0 Å². The number of hydrogen-bond donors (Lipinski definition) is 0. The van der Waals surface area contributed by atoms with Crippen LogP contribution in [0.2, 0.25) is 5.02 Å². The number of halogens is 2. The van der Waals surface area contributed by atoms with E-state index in [1.54, 1.807) is 23.6 Å². The van der Waals surface area contributed by atoms with Gasteiger partial charge in [-0.1, -0.05) is 29.0 Å². The Labute approximate surface area is 153 Å². The van der Waals surface area contributed by atoms with E-state index in [2.05, 4.69) is 20.9 Å². The second-order valence-corrected chi connectivity index (χ2v) is 8.16. The van der Waals surface area contributed by atoms with Gasteiger partial charge in [0.05, 0.1) is 15.9 Å². The molecule has 2 atom stereocenters. The molecule has 0 amide bonds. The summed E-state index contributed by atoms with van der Waals surface area (Å²) in [4.78, 5) is 13.5. The number of piperazine rings is 1. The van der Waals surface area contributed by atoms with Gasteiger partial charge in [0.1, 0.15) is 11.3 Å². The number of rotatable bonds is 3. The number of nitrogens with zero attached hydrogens (tertiary/aromatic N) is 4. The molecular weight excluding hydrogens is 359 g/mol. The first-order chi connectivity index (χ1) is 12.2. The predicted molar refractivity (Wildman–Crippen MR) is 98.8 cm³/mol. The van der Waals surface area contributed by atoms with Crippen molar-refractivity contribution in [2.75, 3.05) is 18.0 Å². The fourth-order valence-corrected chi connectivity index (χ4v) is 5.36. The topological polar surface area (TPSA) is 32.3 Å². The highest BCUT2D eigenvalue weighted by Crippen LogP contribution is 2.42. The van der Waals surface area contributed by atoms with E-state index in [0.717, 1.165) is 40.5 Å². The van der Waals surface area contributed by atoms with Crippen LogP contribution in [0, 0.1) is 5.82 Å². The zero-order valence-corrected chi connectivity index (χ0v) is 15.0. The van der Waals surface area contributed by atoms with Crippen LogP contribution >= 0.6 is 22.9 Å². The van der Waals surface area contributed by atoms with Crippen LogP contribution in [0.25, 0.3) is 10.2 Å². The van der Waals surface area contributed by atoms with Crippen molar-refractivity contribution in [2.24, 2.45) is 0 Å². The molecule has 3 fully saturated rings. The van der Waals surface area contributed by atoms with Crippen molar-refractivity contribution in [3.63, 3.8) is 0 Å². The molecule has 4 nitrogen and oxygen atoms in total. The van der Waals surface area contributed by atoms with E-state index in [9.17, 15) is 4.39 Å². The Bertz CT molecular complexity index is 934. The minimum Gasteiger partial charge on any atom is -0.339 e. The molecule has 3 aromatic rings. The molecule has 2 unspecified atom stereocenters. The number of piperidine rings is 1. The summed E-state index contributed by atoms with van der Waals surface area (Å²) in [6, 6.07) is 8.44. The molecular formula is C18H16ClFN4S. The van der Waals surface area contributed by atoms with Crippen LogP contribution in [-0.2, 0) is 6.54 Å². The first kappa shape index (κ1) is 15.5. The van der Waals surface area contributed by atoms with Crippen LogP contribution in [0.1, 0.15) is 12.0 Å². The number of para-hydroxylation sites is 1. The summed E-state index contributed by atoms with van der Waals surface area (Å²) < 4.78 is 14.5. The zero-order chi connectivity index (χ0) is 17.0. The molecule has 0 spiro atoms. The summed E-state index contributed by atoms with van der Waals surface area (Å²) in [5, 5.41) is 1.78. The average molecular weight is 375 g/mol. The molecule has 3 aliphatic heterocycles. The van der Waals surface area contributed by atoms with Crippen LogP contribution in [0.4, 0.5) is 9.52 Å². The SMILES string of the molecule is Fc1cncc(CN2CC3CC(C2)N3c2nc3c(Cl)cccc3s2)c1. The Hall–Kier alpha value is -1.76. The van der Waals surface area contributed by atoms with Crippen molar-refractivity contribution < 1.29 is 4.39 Å². The molecule has 2 bridgehead atoms. The van der Waals surface area contributed by atoms with Gasteiger partial charge in [-0.05, 0) is 30.2 Å². The molecule has 25 heavy (non-hydrogen) atoms. The highest BCUT2D eigenvalue weighted by Gasteiger charge is 2.45. The first-order valence-corrected chi connectivity index (χ1v) is 9.52. The maximum absolute atomic E-state index is 13.3. The van der Waals surface area contributed by atoms with Crippen LogP contribution in [0.15, 0.2) is 36.7 Å². The van der Waals surface area contributed by atoms with Crippen molar-refractivity contribution in [1.29, 1.82) is 0 Å². The molecule has 128 valence electrons. The number of pyridine rings is 1. The first-order valence-electron chi connectivity index (χ1n) is 8.32. The maximum Gasteiger partial charge on any atom is 0.187 e. The lowest BCUT2D eigenvalue weighted by atomic mass is 9.88. The smallest absolute Gasteiger partial charge is 0.187 e. The van der Waals surface area contributed by atoms with Crippen LogP contribution in [-0.4, -0.2) is 40.0 Å². The van der Waals surface area contributed by atoms with Crippen LogP contribution in [0.5, 0.6) is 0 Å². The highest BCUT2D eigenvalue weighted by atomic mass is 35.5. The molecule has 2 aromatic heterocycles. The van der Waals surface area contributed by atoms with Gasteiger partial charge in [0.25, 0.3) is 0 Å². The molecule has 3 saturated heterocycles. The third-order valence-electron chi connectivity index (χ3n) is 5.02. The highest BCUT2D eigenvalue weighted by molar-refractivity contribution is 7.22. The molecule has 3 aliphatic rings. The quantitative estimate of drug-likeness (QED) is 0.695. The van der Waals surface area contributed by atoms with Crippen molar-refractivity contribution in [1.82, 2.24) is 14.9 Å². The van der Waals surface area contributed by atoms with E-state index < -0.39 is 0 Å². The van der Waals surface area contributed by atoms with E-state index in [1.807, 2.05) is 12.1 Å². The Balaban J connectivity index is 1.33. The van der Waals surface area contributed by atoms with Gasteiger partial charge in [0.15, 0.2) is 5.13 Å². The van der Waals surface area contributed by atoms with Gasteiger partial charge in [-0.3, -0.25) is 9.88 Å². The molecule has 1 aromatic carbocycles. The largest absolute Gasteiger partial charge is 0.339 e. The lowest BCUT2D eigenvalue weighted by Crippen LogP contribution is -2.68. The van der Waals surface area contributed by atoms with Crippen LogP contribution in [0.3, 0.4) is 0 Å². The monoisotopic (exact) mass is 374 g/mol. The van der Waals surface area contributed by atoms with Gasteiger partial charge >= 0.3 is 0 Å². The summed E-state index contributed by atoms with van der Waals surface area (Å²) in [6.07, 6.45) is 4.19. The summed E-state index contributed by atoms with van der Waals surface area (Å²) in [7, 11) is 0. The molecule has 6 rings (SSSR count). The van der Waals surface area contributed by atoms with Crippen molar-refractivity contribution >= 4 is 38.3 Å². The van der Waals surface area contributed by atoms with E-state index in [4.69, 9.17) is 16.6 Å². The molecule has 0 aliphatic carbocycles. The average Bonchev–Trinajstić information content (AvgIpc) is 2.99. The Morgan fingerprint density at radius 1 is 1.24 bits per heavy atom. The van der Waals surface area contributed by atoms with Crippen molar-refractivity contribution in [3.05, 3.63) is 53.1 Å². The van der Waals surface area contributed by atoms with Crippen molar-refractivity contribution in [2.45, 2.75) is 25.0 Å². The number of benzene rings is 1. The van der Waals surface area contributed by atoms with E-state index in [0.29, 0.717) is 17.1 Å². The molecule has 0 saturated carbocycles. The lowest BCUT2D eigenvalue weighted by molar-refractivity contribution is 0.108. The Morgan fingerprint density at radius 3 is 2.84 bits per heavy atom. The molecule has 7 heteroatoms. The van der Waals surface area contributed by atoms with Gasteiger partial charge in [-0.15, -0.1) is 0 Å². The third kappa shape index (κ3) is 2.69. The van der Waals surface area contributed by atoms with E-state index in [1.165, 1.54) is 12.6 Å². The predicted octanol–water partition coefficient (Wildman–Crippen LogP) is 3.95. The fourth-order valence-electron chi connectivity index (χ4n) is 3.95. The summed E-state index contributed by atoms with van der Waals surface area (Å²) in [5.41, 5.74) is 1.83. The summed E-state index contributed by atoms with van der Waals surface area (Å²) >= 11 is 7.98. The Morgan fingerprint density at radius 2 is 2.08 bits per heavy atom. The third-order valence-corrected chi connectivity index (χ3v) is 6.35.